The van der Waals surface area contributed by atoms with E-state index in [0.29, 0.717) is 24.2 Å². The van der Waals surface area contributed by atoms with Crippen LogP contribution in [0.2, 0.25) is 0 Å². The lowest BCUT2D eigenvalue weighted by Crippen LogP contribution is -2.51. The number of fused-ring (bicyclic) bond motifs is 5. The predicted octanol–water partition coefficient (Wildman–Crippen LogP) is 5.40. The number of hydrogen-bond donors (Lipinski definition) is 2. The molecule has 2 fully saturated rings. The van der Waals surface area contributed by atoms with Crippen LogP contribution >= 0.6 is 0 Å². The van der Waals surface area contributed by atoms with Crippen molar-refractivity contribution in [2.45, 2.75) is 89.6 Å². The summed E-state index contributed by atoms with van der Waals surface area (Å²) >= 11 is 0. The van der Waals surface area contributed by atoms with Crippen LogP contribution in [0.5, 0.6) is 5.75 Å². The van der Waals surface area contributed by atoms with Crippen LogP contribution in [0.4, 0.5) is 0 Å². The van der Waals surface area contributed by atoms with Crippen molar-refractivity contribution in [3.05, 3.63) is 64.7 Å². The Morgan fingerprint density at radius 1 is 1.06 bits per heavy atom. The van der Waals surface area contributed by atoms with Gasteiger partial charge in [-0.25, -0.2) is 0 Å². The first kappa shape index (κ1) is 24.8. The fourth-order valence-corrected chi connectivity index (χ4v) is 7.98. The van der Waals surface area contributed by atoms with Crippen LogP contribution < -0.4 is 9.32 Å². The van der Waals surface area contributed by atoms with E-state index in [-0.39, 0.29) is 16.6 Å². The van der Waals surface area contributed by atoms with Gasteiger partial charge in [0.05, 0.1) is 5.60 Å². The van der Waals surface area contributed by atoms with Gasteiger partial charge in [0.2, 0.25) is 0 Å². The Bertz CT molecular complexity index is 1220. The Kier molecular flexibility index (Phi) is 5.89. The SMILES string of the molecule is CC(C)(C)c1ccc(C[C@]2(O)CCC3C4CCc5cc(OS(N)(=O)=O)ccc5C4CC[C@@]32C)cc1. The minimum Gasteiger partial charge on any atom is -0.389 e. The normalized spacial score (nSPS) is 32.5. The van der Waals surface area contributed by atoms with Crippen molar-refractivity contribution in [3.63, 3.8) is 0 Å². The van der Waals surface area contributed by atoms with Crippen molar-refractivity contribution in [2.24, 2.45) is 22.4 Å². The van der Waals surface area contributed by atoms with E-state index in [4.69, 9.17) is 9.32 Å². The highest BCUT2D eigenvalue weighted by Gasteiger charge is 2.61. The van der Waals surface area contributed by atoms with Gasteiger partial charge in [-0.1, -0.05) is 58.0 Å². The van der Waals surface area contributed by atoms with Crippen LogP contribution in [0.25, 0.3) is 0 Å². The molecule has 5 atom stereocenters. The van der Waals surface area contributed by atoms with Crippen LogP contribution in [0.3, 0.4) is 0 Å². The van der Waals surface area contributed by atoms with Crippen molar-refractivity contribution in [2.75, 3.05) is 0 Å². The van der Waals surface area contributed by atoms with Gasteiger partial charge < -0.3 is 9.29 Å². The fourth-order valence-electron chi connectivity index (χ4n) is 7.61. The average molecular weight is 498 g/mol. The van der Waals surface area contributed by atoms with Gasteiger partial charge >= 0.3 is 10.3 Å². The molecule has 0 radical (unpaired) electrons. The number of rotatable bonds is 4. The molecule has 3 aliphatic rings. The molecule has 190 valence electrons. The summed E-state index contributed by atoms with van der Waals surface area (Å²) in [7, 11) is -4.02. The zero-order valence-corrected chi connectivity index (χ0v) is 22.2. The van der Waals surface area contributed by atoms with Crippen molar-refractivity contribution in [3.8, 4) is 5.75 Å². The molecular formula is C29H39NO4S. The summed E-state index contributed by atoms with van der Waals surface area (Å²) in [6, 6.07) is 14.5. The van der Waals surface area contributed by atoms with Gasteiger partial charge in [0.15, 0.2) is 0 Å². The van der Waals surface area contributed by atoms with Crippen LogP contribution in [-0.4, -0.2) is 19.1 Å². The Balaban J connectivity index is 1.36. The molecular weight excluding hydrogens is 458 g/mol. The van der Waals surface area contributed by atoms with Gasteiger partial charge in [-0.3, -0.25) is 0 Å². The maximum atomic E-state index is 12.1. The molecule has 3 unspecified atom stereocenters. The summed E-state index contributed by atoms with van der Waals surface area (Å²) < 4.78 is 27.6. The van der Waals surface area contributed by atoms with E-state index in [9.17, 15) is 13.5 Å². The maximum Gasteiger partial charge on any atom is 0.380 e. The van der Waals surface area contributed by atoms with E-state index in [0.717, 1.165) is 38.5 Å². The molecule has 0 saturated heterocycles. The molecule has 0 amide bonds. The minimum absolute atomic E-state index is 0.0922. The van der Waals surface area contributed by atoms with Gasteiger partial charge in [-0.15, -0.1) is 0 Å². The highest BCUT2D eigenvalue weighted by Crippen LogP contribution is 2.65. The highest BCUT2D eigenvalue weighted by atomic mass is 32.2. The lowest BCUT2D eigenvalue weighted by Gasteiger charge is -2.53. The summed E-state index contributed by atoms with van der Waals surface area (Å²) in [5.41, 5.74) is 4.39. The van der Waals surface area contributed by atoms with Gasteiger partial charge in [-0.05, 0) is 101 Å². The topological polar surface area (TPSA) is 89.6 Å². The molecule has 6 heteroatoms. The molecule has 5 rings (SSSR count). The van der Waals surface area contributed by atoms with E-state index in [1.807, 2.05) is 12.1 Å². The second-order valence-corrected chi connectivity index (χ2v) is 13.7. The first-order chi connectivity index (χ1) is 16.3. The smallest absolute Gasteiger partial charge is 0.380 e. The fraction of sp³-hybridized carbons (Fsp3) is 0.586. The van der Waals surface area contributed by atoms with Gasteiger partial charge in [0.1, 0.15) is 5.75 Å². The summed E-state index contributed by atoms with van der Waals surface area (Å²) in [4.78, 5) is 0. The van der Waals surface area contributed by atoms with Crippen molar-refractivity contribution in [1.29, 1.82) is 0 Å². The molecule has 0 spiro atoms. The predicted molar refractivity (Wildman–Crippen MR) is 139 cm³/mol. The number of aryl methyl sites for hydroxylation is 1. The van der Waals surface area contributed by atoms with Crippen LogP contribution in [0, 0.1) is 17.3 Å². The van der Waals surface area contributed by atoms with Gasteiger partial charge in [0, 0.05) is 6.42 Å². The van der Waals surface area contributed by atoms with Crippen LogP contribution in [0.1, 0.15) is 88.0 Å². The third-order valence-electron chi connectivity index (χ3n) is 9.55. The zero-order valence-electron chi connectivity index (χ0n) is 21.4. The molecule has 2 aromatic rings. The molecule has 3 N–H and O–H groups in total. The Hall–Kier alpha value is -1.89. The quantitative estimate of drug-likeness (QED) is 0.592. The molecule has 0 aliphatic heterocycles. The molecule has 35 heavy (non-hydrogen) atoms. The lowest BCUT2D eigenvalue weighted by atomic mass is 9.53. The van der Waals surface area contributed by atoms with E-state index < -0.39 is 15.9 Å². The van der Waals surface area contributed by atoms with Crippen molar-refractivity contribution < 1.29 is 17.7 Å². The number of aliphatic hydroxyl groups is 1. The first-order valence-electron chi connectivity index (χ1n) is 13.0. The largest absolute Gasteiger partial charge is 0.389 e. The Labute approximate surface area is 210 Å². The first-order valence-corrected chi connectivity index (χ1v) is 14.4. The zero-order chi connectivity index (χ0) is 25.2. The number of nitrogens with two attached hydrogens (primary N) is 1. The van der Waals surface area contributed by atoms with E-state index in [1.54, 1.807) is 6.07 Å². The molecule has 0 heterocycles. The monoisotopic (exact) mass is 497 g/mol. The maximum absolute atomic E-state index is 12.1. The number of hydrogen-bond acceptors (Lipinski definition) is 4. The van der Waals surface area contributed by atoms with Gasteiger partial charge in [0.25, 0.3) is 0 Å². The molecule has 0 aromatic heterocycles. The van der Waals surface area contributed by atoms with Crippen molar-refractivity contribution >= 4 is 10.3 Å². The highest BCUT2D eigenvalue weighted by molar-refractivity contribution is 7.84. The summed E-state index contributed by atoms with van der Waals surface area (Å²) in [6.45, 7) is 9.02. The average Bonchev–Trinajstić information content (AvgIpc) is 3.02. The Morgan fingerprint density at radius 3 is 2.43 bits per heavy atom. The summed E-state index contributed by atoms with van der Waals surface area (Å²) in [6.07, 6.45) is 6.65. The third kappa shape index (κ3) is 4.42. The molecule has 2 saturated carbocycles. The minimum atomic E-state index is -4.02. The van der Waals surface area contributed by atoms with E-state index in [2.05, 4.69) is 52.0 Å². The standard InChI is InChI=1S/C29H39NO4S/c1-27(2,3)21-8-5-19(6-9-21)18-29(31)16-14-26-25-11-7-20-17-22(34-35(30,32)33)10-12-23(20)24(25)13-15-28(26,29)4/h5-6,8-10,12,17,24-26,31H,7,11,13-16,18H2,1-4H3,(H2,30,32,33)/t24?,25?,26?,28-,29+/m0/s1. The summed E-state index contributed by atoms with van der Waals surface area (Å²) in [5.74, 6) is 1.78. The Morgan fingerprint density at radius 2 is 1.77 bits per heavy atom. The van der Waals surface area contributed by atoms with Crippen molar-refractivity contribution in [1.82, 2.24) is 0 Å². The second-order valence-electron chi connectivity index (χ2n) is 12.5. The second kappa shape index (κ2) is 8.32. The number of benzene rings is 2. The molecule has 2 aromatic carbocycles. The lowest BCUT2D eigenvalue weighted by molar-refractivity contribution is -0.102. The van der Waals surface area contributed by atoms with Crippen LogP contribution in [0.15, 0.2) is 42.5 Å². The third-order valence-corrected chi connectivity index (χ3v) is 9.97. The molecule has 5 nitrogen and oxygen atoms in total. The van der Waals surface area contributed by atoms with E-state index in [1.165, 1.54) is 22.3 Å². The summed E-state index contributed by atoms with van der Waals surface area (Å²) in [5, 5.41) is 17.1. The van der Waals surface area contributed by atoms with Crippen LogP contribution in [-0.2, 0) is 28.6 Å². The van der Waals surface area contributed by atoms with E-state index >= 15 is 0 Å². The molecule has 3 aliphatic carbocycles. The van der Waals surface area contributed by atoms with Gasteiger partial charge in [-0.2, -0.15) is 13.6 Å². The molecule has 0 bridgehead atoms.